The first-order valence-corrected chi connectivity index (χ1v) is 9.25. The molecule has 7 heteroatoms. The topological polar surface area (TPSA) is 55.8 Å². The number of hydrogen-bond donors (Lipinski definition) is 0. The van der Waals surface area contributed by atoms with E-state index in [0.29, 0.717) is 34.1 Å². The van der Waals surface area contributed by atoms with Crippen LogP contribution in [0, 0.1) is 5.82 Å². The van der Waals surface area contributed by atoms with Gasteiger partial charge in [0.2, 0.25) is 0 Å². The molecule has 1 heterocycles. The van der Waals surface area contributed by atoms with Gasteiger partial charge in [-0.15, -0.1) is 0 Å². The minimum Gasteiger partial charge on any atom is -0.493 e. The van der Waals surface area contributed by atoms with Crippen molar-refractivity contribution in [2.75, 3.05) is 13.7 Å². The molecule has 144 valence electrons. The van der Waals surface area contributed by atoms with Crippen molar-refractivity contribution < 1.29 is 23.5 Å². The van der Waals surface area contributed by atoms with Crippen LogP contribution in [-0.2, 0) is 11.3 Å². The summed E-state index contributed by atoms with van der Waals surface area (Å²) in [5.74, 6) is 0.322. The van der Waals surface area contributed by atoms with Crippen LogP contribution in [0.1, 0.15) is 11.1 Å². The number of imide groups is 1. The van der Waals surface area contributed by atoms with E-state index in [4.69, 9.17) is 9.47 Å². The van der Waals surface area contributed by atoms with Crippen LogP contribution in [-0.4, -0.2) is 29.8 Å². The minimum atomic E-state index is -0.384. The van der Waals surface area contributed by atoms with E-state index in [0.717, 1.165) is 16.7 Å². The zero-order chi connectivity index (χ0) is 20.1. The van der Waals surface area contributed by atoms with Crippen LogP contribution < -0.4 is 9.47 Å². The Balaban J connectivity index is 1.79. The van der Waals surface area contributed by atoms with Gasteiger partial charge in [0.1, 0.15) is 12.4 Å². The molecule has 1 aliphatic heterocycles. The second kappa shape index (κ2) is 8.75. The number of rotatable bonds is 7. The van der Waals surface area contributed by atoms with Crippen molar-refractivity contribution in [3.05, 3.63) is 77.0 Å². The van der Waals surface area contributed by atoms with Crippen LogP contribution in [0.25, 0.3) is 6.08 Å². The average molecular weight is 399 g/mol. The van der Waals surface area contributed by atoms with Gasteiger partial charge in [0.25, 0.3) is 11.1 Å². The zero-order valence-electron chi connectivity index (χ0n) is 15.2. The van der Waals surface area contributed by atoms with E-state index in [1.165, 1.54) is 19.2 Å². The van der Waals surface area contributed by atoms with Gasteiger partial charge in [-0.3, -0.25) is 14.5 Å². The fourth-order valence-corrected chi connectivity index (χ4v) is 3.44. The molecular formula is C21H18FNO4S. The third-order valence-corrected chi connectivity index (χ3v) is 4.88. The van der Waals surface area contributed by atoms with E-state index in [1.807, 2.05) is 0 Å². The molecule has 2 aromatic rings. The zero-order valence-corrected chi connectivity index (χ0v) is 16.0. The monoisotopic (exact) mass is 399 g/mol. The highest BCUT2D eigenvalue weighted by Crippen LogP contribution is 2.35. The Morgan fingerprint density at radius 2 is 1.89 bits per heavy atom. The molecule has 0 bridgehead atoms. The Morgan fingerprint density at radius 3 is 2.57 bits per heavy atom. The number of ether oxygens (including phenoxy) is 2. The fourth-order valence-electron chi connectivity index (χ4n) is 2.60. The van der Waals surface area contributed by atoms with Crippen molar-refractivity contribution in [1.29, 1.82) is 0 Å². The SMILES string of the molecule is C=CCOc1ccc(C=C2SC(=O)N(Cc3ccc(F)cc3)C2=O)cc1OC. The third-order valence-electron chi connectivity index (χ3n) is 3.97. The highest BCUT2D eigenvalue weighted by molar-refractivity contribution is 8.18. The molecular weight excluding hydrogens is 381 g/mol. The van der Waals surface area contributed by atoms with Crippen molar-refractivity contribution in [3.8, 4) is 11.5 Å². The van der Waals surface area contributed by atoms with Gasteiger partial charge in [-0.1, -0.05) is 30.9 Å². The summed E-state index contributed by atoms with van der Waals surface area (Å²) < 4.78 is 23.9. The van der Waals surface area contributed by atoms with Gasteiger partial charge in [0.15, 0.2) is 11.5 Å². The lowest BCUT2D eigenvalue weighted by Crippen LogP contribution is -2.27. The molecule has 2 amide bonds. The highest BCUT2D eigenvalue weighted by atomic mass is 32.2. The number of benzene rings is 2. The third kappa shape index (κ3) is 4.43. The van der Waals surface area contributed by atoms with Crippen molar-refractivity contribution in [2.45, 2.75) is 6.54 Å². The summed E-state index contributed by atoms with van der Waals surface area (Å²) in [6.07, 6.45) is 3.26. The Kier molecular flexibility index (Phi) is 6.16. The molecule has 0 unspecified atom stereocenters. The van der Waals surface area contributed by atoms with Crippen molar-refractivity contribution in [3.63, 3.8) is 0 Å². The molecule has 0 aromatic heterocycles. The van der Waals surface area contributed by atoms with E-state index in [2.05, 4.69) is 6.58 Å². The number of nitrogens with zero attached hydrogens (tertiary/aromatic N) is 1. The van der Waals surface area contributed by atoms with Gasteiger partial charge in [-0.05, 0) is 53.2 Å². The van der Waals surface area contributed by atoms with E-state index in [-0.39, 0.29) is 23.5 Å². The minimum absolute atomic E-state index is 0.0972. The van der Waals surface area contributed by atoms with Gasteiger partial charge in [0.05, 0.1) is 18.6 Å². The van der Waals surface area contributed by atoms with Crippen LogP contribution in [0.2, 0.25) is 0 Å². The molecule has 0 radical (unpaired) electrons. The first kappa shape index (κ1) is 19.7. The number of carbonyl (C=O) groups is 2. The van der Waals surface area contributed by atoms with Gasteiger partial charge >= 0.3 is 0 Å². The molecule has 3 rings (SSSR count). The van der Waals surface area contributed by atoms with E-state index < -0.39 is 0 Å². The molecule has 0 atom stereocenters. The second-order valence-corrected chi connectivity index (χ2v) is 6.90. The number of halogens is 1. The molecule has 1 aliphatic rings. The summed E-state index contributed by atoms with van der Waals surface area (Å²) in [7, 11) is 1.52. The standard InChI is InChI=1S/C21H18FNO4S/c1-3-10-27-17-9-6-15(11-18(17)26-2)12-19-20(24)23(21(25)28-19)13-14-4-7-16(22)8-5-14/h3-9,11-12H,1,10,13H2,2H3. The van der Waals surface area contributed by atoms with Crippen LogP contribution in [0.15, 0.2) is 60.0 Å². The normalized spacial score (nSPS) is 15.2. The predicted octanol–water partition coefficient (Wildman–Crippen LogP) is 4.64. The average Bonchev–Trinajstić information content (AvgIpc) is 2.95. The van der Waals surface area contributed by atoms with Crippen LogP contribution in [0.4, 0.5) is 9.18 Å². The number of thioether (sulfide) groups is 1. The molecule has 0 aliphatic carbocycles. The van der Waals surface area contributed by atoms with Crippen LogP contribution >= 0.6 is 11.8 Å². The van der Waals surface area contributed by atoms with E-state index in [9.17, 15) is 14.0 Å². The molecule has 2 aromatic carbocycles. The van der Waals surface area contributed by atoms with Crippen molar-refractivity contribution in [2.24, 2.45) is 0 Å². The van der Waals surface area contributed by atoms with Crippen LogP contribution in [0.3, 0.4) is 0 Å². The molecule has 5 nitrogen and oxygen atoms in total. The lowest BCUT2D eigenvalue weighted by Gasteiger charge is -2.12. The van der Waals surface area contributed by atoms with Gasteiger partial charge in [-0.2, -0.15) is 0 Å². The number of amides is 2. The summed E-state index contributed by atoms with van der Waals surface area (Å²) in [4.78, 5) is 26.3. The lowest BCUT2D eigenvalue weighted by atomic mass is 10.1. The summed E-state index contributed by atoms with van der Waals surface area (Å²) in [5.41, 5.74) is 1.38. The Morgan fingerprint density at radius 1 is 1.14 bits per heavy atom. The van der Waals surface area contributed by atoms with Crippen molar-refractivity contribution >= 4 is 29.0 Å². The Labute approximate surface area is 166 Å². The molecule has 1 fully saturated rings. The maximum atomic E-state index is 13.0. The largest absolute Gasteiger partial charge is 0.493 e. The smallest absolute Gasteiger partial charge is 0.293 e. The van der Waals surface area contributed by atoms with Crippen LogP contribution in [0.5, 0.6) is 11.5 Å². The van der Waals surface area contributed by atoms with Crippen molar-refractivity contribution in [1.82, 2.24) is 4.90 Å². The van der Waals surface area contributed by atoms with Gasteiger partial charge < -0.3 is 9.47 Å². The Bertz CT molecular complexity index is 940. The fraction of sp³-hybridized carbons (Fsp3) is 0.143. The summed E-state index contributed by atoms with van der Waals surface area (Å²) in [6.45, 7) is 4.05. The number of hydrogen-bond acceptors (Lipinski definition) is 5. The molecule has 0 saturated carbocycles. The van der Waals surface area contributed by atoms with E-state index in [1.54, 1.807) is 42.5 Å². The number of carbonyl (C=O) groups excluding carboxylic acids is 2. The highest BCUT2D eigenvalue weighted by Gasteiger charge is 2.35. The molecule has 0 N–H and O–H groups in total. The summed E-state index contributed by atoms with van der Waals surface area (Å²) in [5, 5.41) is -0.363. The quantitative estimate of drug-likeness (QED) is 0.502. The summed E-state index contributed by atoms with van der Waals surface area (Å²) in [6, 6.07) is 10.9. The maximum Gasteiger partial charge on any atom is 0.293 e. The molecule has 28 heavy (non-hydrogen) atoms. The second-order valence-electron chi connectivity index (χ2n) is 5.90. The van der Waals surface area contributed by atoms with Gasteiger partial charge in [0, 0.05) is 0 Å². The maximum absolute atomic E-state index is 13.0. The lowest BCUT2D eigenvalue weighted by molar-refractivity contribution is -0.123. The van der Waals surface area contributed by atoms with Gasteiger partial charge in [-0.25, -0.2) is 4.39 Å². The molecule has 1 saturated heterocycles. The first-order valence-electron chi connectivity index (χ1n) is 8.43. The Hall–Kier alpha value is -3.06. The summed E-state index contributed by atoms with van der Waals surface area (Å²) >= 11 is 0.870. The predicted molar refractivity (Wildman–Crippen MR) is 107 cm³/mol. The number of methoxy groups -OCH3 is 1. The van der Waals surface area contributed by atoms with E-state index >= 15 is 0 Å². The molecule has 0 spiro atoms. The first-order chi connectivity index (χ1) is 13.5.